The average molecular weight is 342 g/mol. The number of carbonyl (C=O) groups excluding carboxylic acids is 2. The van der Waals surface area contributed by atoms with E-state index in [0.29, 0.717) is 12.8 Å². The summed E-state index contributed by atoms with van der Waals surface area (Å²) in [7, 11) is 0. The Bertz CT molecular complexity index is 662. The Balaban J connectivity index is 2.01. The van der Waals surface area contributed by atoms with Crippen LogP contribution >= 0.6 is 12.8 Å². The lowest BCUT2D eigenvalue weighted by Gasteiger charge is -2.21. The van der Waals surface area contributed by atoms with Gasteiger partial charge in [-0.05, 0) is 30.9 Å². The van der Waals surface area contributed by atoms with E-state index in [1.165, 1.54) is 6.92 Å². The van der Waals surface area contributed by atoms with E-state index in [1.54, 1.807) is 0 Å². The van der Waals surface area contributed by atoms with Crippen LogP contribution in [0.3, 0.4) is 0 Å². The summed E-state index contributed by atoms with van der Waals surface area (Å²) in [6.45, 7) is 1.49. The van der Waals surface area contributed by atoms with Gasteiger partial charge in [0.25, 0.3) is 0 Å². The minimum absolute atomic E-state index is 0.0650. The number of nitrogens with one attached hydrogen (secondary N) is 2. The normalized spacial score (nSPS) is 13.1. The van der Waals surface area contributed by atoms with E-state index >= 15 is 0 Å². The van der Waals surface area contributed by atoms with E-state index in [0.717, 1.165) is 11.1 Å². The topological polar surface area (TPSA) is 58.2 Å². The smallest absolute Gasteiger partial charge is 0.238 e. The highest BCUT2D eigenvalue weighted by Gasteiger charge is 2.23. The van der Waals surface area contributed by atoms with Crippen molar-refractivity contribution >= 4 is 24.5 Å². The van der Waals surface area contributed by atoms with Gasteiger partial charge in [-0.25, -0.2) is 0 Å². The molecule has 4 nitrogen and oxygen atoms in total. The van der Waals surface area contributed by atoms with Crippen molar-refractivity contribution in [1.82, 2.24) is 10.0 Å². The van der Waals surface area contributed by atoms with Crippen LogP contribution in [0.2, 0.25) is 0 Å². The quantitative estimate of drug-likeness (QED) is 0.646. The zero-order valence-electron chi connectivity index (χ0n) is 13.6. The van der Waals surface area contributed by atoms with Crippen molar-refractivity contribution in [3.63, 3.8) is 0 Å². The molecule has 0 aliphatic carbocycles. The SMILES string of the molecule is CC(=O)[C@H](Cc1ccccc1)NC(=O)[C@H](Cc1ccccc1)NS. The molecule has 1 amide bonds. The summed E-state index contributed by atoms with van der Waals surface area (Å²) in [4.78, 5) is 24.4. The van der Waals surface area contributed by atoms with Gasteiger partial charge in [-0.1, -0.05) is 73.5 Å². The van der Waals surface area contributed by atoms with Crippen molar-refractivity contribution in [3.8, 4) is 0 Å². The average Bonchev–Trinajstić information content (AvgIpc) is 2.60. The first-order chi connectivity index (χ1) is 11.6. The second kappa shape index (κ2) is 9.25. The number of benzene rings is 2. The number of thiol groups is 1. The van der Waals surface area contributed by atoms with E-state index in [1.807, 2.05) is 60.7 Å². The monoisotopic (exact) mass is 342 g/mol. The predicted molar refractivity (Wildman–Crippen MR) is 98.8 cm³/mol. The fraction of sp³-hybridized carbons (Fsp3) is 0.263. The molecular weight excluding hydrogens is 320 g/mol. The van der Waals surface area contributed by atoms with E-state index in [4.69, 9.17) is 0 Å². The standard InChI is InChI=1S/C19H22N2O2S/c1-14(22)17(12-15-8-4-2-5-9-15)20-19(23)18(21-24)13-16-10-6-3-7-11-16/h2-11,17-18,21,24H,12-13H2,1H3,(H,20,23)/t17-,18-/m0/s1. The van der Waals surface area contributed by atoms with E-state index in [9.17, 15) is 9.59 Å². The molecule has 0 unspecified atom stereocenters. The second-order valence-electron chi connectivity index (χ2n) is 5.73. The summed E-state index contributed by atoms with van der Waals surface area (Å²) in [5.74, 6) is -0.296. The molecule has 2 rings (SSSR count). The molecule has 2 aromatic rings. The van der Waals surface area contributed by atoms with Crippen molar-refractivity contribution in [2.24, 2.45) is 0 Å². The van der Waals surface area contributed by atoms with Crippen molar-refractivity contribution < 1.29 is 9.59 Å². The maximum absolute atomic E-state index is 12.5. The number of ketones is 1. The third-order valence-electron chi connectivity index (χ3n) is 3.84. The highest BCUT2D eigenvalue weighted by Crippen LogP contribution is 2.07. The van der Waals surface area contributed by atoms with Crippen molar-refractivity contribution in [3.05, 3.63) is 71.8 Å². The van der Waals surface area contributed by atoms with Crippen LogP contribution in [0.5, 0.6) is 0 Å². The molecule has 2 N–H and O–H groups in total. The molecule has 2 atom stereocenters. The Morgan fingerprint density at radius 3 is 1.75 bits per heavy atom. The minimum atomic E-state index is -0.542. The summed E-state index contributed by atoms with van der Waals surface area (Å²) in [6, 6.07) is 18.3. The van der Waals surface area contributed by atoms with Gasteiger partial charge in [0.1, 0.15) is 0 Å². The third kappa shape index (κ3) is 5.51. The molecule has 0 fully saturated rings. The number of carbonyl (C=O) groups is 2. The fourth-order valence-corrected chi connectivity index (χ4v) is 2.67. The molecule has 126 valence electrons. The summed E-state index contributed by atoms with van der Waals surface area (Å²) in [5, 5.41) is 2.84. The van der Waals surface area contributed by atoms with Crippen LogP contribution in [0.25, 0.3) is 0 Å². The maximum atomic E-state index is 12.5. The lowest BCUT2D eigenvalue weighted by atomic mass is 10.0. The van der Waals surface area contributed by atoms with Gasteiger partial charge >= 0.3 is 0 Å². The Kier molecular flexibility index (Phi) is 7.03. The van der Waals surface area contributed by atoms with Crippen LogP contribution in [0.4, 0.5) is 0 Å². The summed E-state index contributed by atoms with van der Waals surface area (Å²) >= 11 is 4.06. The molecule has 5 heteroatoms. The number of hydrogen-bond donors (Lipinski definition) is 3. The molecule has 0 aliphatic heterocycles. The van der Waals surface area contributed by atoms with Crippen molar-refractivity contribution in [2.45, 2.75) is 31.8 Å². The lowest BCUT2D eigenvalue weighted by molar-refractivity contribution is -0.127. The molecule has 0 aliphatic rings. The largest absolute Gasteiger partial charge is 0.345 e. The van der Waals surface area contributed by atoms with Crippen LogP contribution < -0.4 is 10.0 Å². The molecule has 0 spiro atoms. The number of Topliss-reactive ketones (excluding diaryl/α,β-unsaturated/α-hetero) is 1. The fourth-order valence-electron chi connectivity index (χ4n) is 2.47. The molecule has 0 saturated carbocycles. The van der Waals surface area contributed by atoms with E-state index < -0.39 is 12.1 Å². The lowest BCUT2D eigenvalue weighted by Crippen LogP contribution is -2.49. The zero-order chi connectivity index (χ0) is 17.4. The summed E-state index contributed by atoms with van der Waals surface area (Å²) < 4.78 is 2.73. The first-order valence-corrected chi connectivity index (χ1v) is 8.33. The number of amides is 1. The van der Waals surface area contributed by atoms with Crippen molar-refractivity contribution in [1.29, 1.82) is 0 Å². The summed E-state index contributed by atoms with van der Waals surface area (Å²) in [5.41, 5.74) is 2.04. The molecule has 0 saturated heterocycles. The van der Waals surface area contributed by atoms with Gasteiger partial charge in [-0.3, -0.25) is 14.3 Å². The van der Waals surface area contributed by atoms with Crippen LogP contribution in [-0.4, -0.2) is 23.8 Å². The second-order valence-corrected chi connectivity index (χ2v) is 5.99. The van der Waals surface area contributed by atoms with Gasteiger partial charge in [-0.15, -0.1) is 0 Å². The van der Waals surface area contributed by atoms with Gasteiger partial charge in [0.05, 0.1) is 12.1 Å². The molecule has 24 heavy (non-hydrogen) atoms. The molecule has 0 heterocycles. The predicted octanol–water partition coefficient (Wildman–Crippen LogP) is 2.35. The van der Waals surface area contributed by atoms with Crippen LogP contribution in [0.15, 0.2) is 60.7 Å². The van der Waals surface area contributed by atoms with E-state index in [-0.39, 0.29) is 11.7 Å². The molecule has 0 aromatic heterocycles. The van der Waals surface area contributed by atoms with Gasteiger partial charge in [0.15, 0.2) is 5.78 Å². The van der Waals surface area contributed by atoms with Crippen LogP contribution in [0, 0.1) is 0 Å². The van der Waals surface area contributed by atoms with Crippen LogP contribution in [0.1, 0.15) is 18.1 Å². The van der Waals surface area contributed by atoms with Gasteiger partial charge < -0.3 is 5.32 Å². The zero-order valence-corrected chi connectivity index (χ0v) is 14.5. The van der Waals surface area contributed by atoms with Crippen molar-refractivity contribution in [2.75, 3.05) is 0 Å². The first-order valence-electron chi connectivity index (χ1n) is 7.88. The minimum Gasteiger partial charge on any atom is -0.345 e. The number of rotatable bonds is 8. The van der Waals surface area contributed by atoms with Gasteiger partial charge in [-0.2, -0.15) is 0 Å². The molecule has 0 radical (unpaired) electrons. The van der Waals surface area contributed by atoms with Gasteiger partial charge in [0, 0.05) is 0 Å². The Hall–Kier alpha value is -2.11. The molecule has 0 bridgehead atoms. The Morgan fingerprint density at radius 2 is 1.33 bits per heavy atom. The molecule has 2 aromatic carbocycles. The highest BCUT2D eigenvalue weighted by atomic mass is 32.1. The molecular formula is C19H22N2O2S. The first kappa shape index (κ1) is 18.2. The maximum Gasteiger partial charge on any atom is 0.238 e. The number of hydrogen-bond acceptors (Lipinski definition) is 4. The third-order valence-corrected chi connectivity index (χ3v) is 4.16. The summed E-state index contributed by atoms with van der Waals surface area (Å²) in [6.07, 6.45) is 0.985. The Morgan fingerprint density at radius 1 is 0.875 bits per heavy atom. The van der Waals surface area contributed by atoms with Gasteiger partial charge in [0.2, 0.25) is 5.91 Å². The van der Waals surface area contributed by atoms with Crippen LogP contribution in [-0.2, 0) is 22.4 Å². The van der Waals surface area contributed by atoms with E-state index in [2.05, 4.69) is 22.9 Å². The highest BCUT2D eigenvalue weighted by molar-refractivity contribution is 7.78. The Labute approximate surface area is 148 Å².